The van der Waals surface area contributed by atoms with Crippen molar-refractivity contribution in [1.29, 1.82) is 0 Å². The summed E-state index contributed by atoms with van der Waals surface area (Å²) < 4.78 is 11.7. The zero-order chi connectivity index (χ0) is 14.1. The fourth-order valence-electron chi connectivity index (χ4n) is 2.15. The van der Waals surface area contributed by atoms with E-state index >= 15 is 0 Å². The normalized spacial score (nSPS) is 12.2. The molecule has 0 bridgehead atoms. The van der Waals surface area contributed by atoms with Gasteiger partial charge in [0.2, 0.25) is 0 Å². The van der Waals surface area contributed by atoms with Crippen molar-refractivity contribution < 1.29 is 9.47 Å². The highest BCUT2D eigenvalue weighted by Crippen LogP contribution is 2.32. The van der Waals surface area contributed by atoms with Crippen LogP contribution in [0.15, 0.2) is 18.2 Å². The average Bonchev–Trinajstić information content (AvgIpc) is 2.39. The summed E-state index contributed by atoms with van der Waals surface area (Å²) in [6, 6.07) is 6.02. The number of hydrogen-bond acceptors (Lipinski definition) is 3. The van der Waals surface area contributed by atoms with E-state index in [0.29, 0.717) is 19.1 Å². The van der Waals surface area contributed by atoms with Gasteiger partial charge in [-0.25, -0.2) is 0 Å². The number of ether oxygens (including phenoxy) is 2. The van der Waals surface area contributed by atoms with Gasteiger partial charge in [-0.2, -0.15) is 0 Å². The highest BCUT2D eigenvalue weighted by Gasteiger charge is 2.12. The summed E-state index contributed by atoms with van der Waals surface area (Å²) in [5.74, 6) is 2.26. The van der Waals surface area contributed by atoms with Crippen LogP contribution in [0.2, 0.25) is 0 Å². The molecule has 108 valence electrons. The molecule has 0 aliphatic heterocycles. The smallest absolute Gasteiger partial charge is 0.164 e. The summed E-state index contributed by atoms with van der Waals surface area (Å²) in [5.41, 5.74) is 6.80. The monoisotopic (exact) mass is 265 g/mol. The van der Waals surface area contributed by atoms with Crippen LogP contribution in [-0.2, 0) is 6.42 Å². The number of rotatable bonds is 9. The maximum absolute atomic E-state index is 6.01. The fourth-order valence-corrected chi connectivity index (χ4v) is 2.15. The van der Waals surface area contributed by atoms with Crippen LogP contribution >= 0.6 is 0 Å². The second kappa shape index (κ2) is 8.81. The van der Waals surface area contributed by atoms with Gasteiger partial charge in [-0.05, 0) is 43.9 Å². The SMILES string of the molecule is CCCC(C)COc1c(CCN)cccc1OCC. The Morgan fingerprint density at radius 3 is 2.63 bits per heavy atom. The lowest BCUT2D eigenvalue weighted by Crippen LogP contribution is -2.12. The molecule has 0 amide bonds. The Hall–Kier alpha value is -1.22. The highest BCUT2D eigenvalue weighted by atomic mass is 16.5. The molecule has 0 heterocycles. The van der Waals surface area contributed by atoms with Crippen molar-refractivity contribution in [2.75, 3.05) is 19.8 Å². The Morgan fingerprint density at radius 2 is 2.00 bits per heavy atom. The van der Waals surface area contributed by atoms with Crippen molar-refractivity contribution in [3.63, 3.8) is 0 Å². The summed E-state index contributed by atoms with van der Waals surface area (Å²) in [6.45, 7) is 8.40. The van der Waals surface area contributed by atoms with Crippen molar-refractivity contribution in [3.8, 4) is 11.5 Å². The Balaban J connectivity index is 2.80. The van der Waals surface area contributed by atoms with Crippen molar-refractivity contribution in [2.24, 2.45) is 11.7 Å². The van der Waals surface area contributed by atoms with Crippen LogP contribution in [0.25, 0.3) is 0 Å². The third kappa shape index (κ3) is 5.11. The van der Waals surface area contributed by atoms with E-state index in [1.807, 2.05) is 19.1 Å². The number of para-hydroxylation sites is 1. The minimum Gasteiger partial charge on any atom is -0.490 e. The zero-order valence-electron chi connectivity index (χ0n) is 12.4. The van der Waals surface area contributed by atoms with Crippen LogP contribution in [0.3, 0.4) is 0 Å². The van der Waals surface area contributed by atoms with Gasteiger partial charge in [0.1, 0.15) is 0 Å². The maximum atomic E-state index is 6.01. The molecule has 1 atom stereocenters. The van der Waals surface area contributed by atoms with E-state index in [4.69, 9.17) is 15.2 Å². The van der Waals surface area contributed by atoms with E-state index in [0.717, 1.165) is 30.1 Å². The average molecular weight is 265 g/mol. The van der Waals surface area contributed by atoms with Crippen LogP contribution in [0.4, 0.5) is 0 Å². The third-order valence-electron chi connectivity index (χ3n) is 3.07. The van der Waals surface area contributed by atoms with Gasteiger partial charge in [-0.15, -0.1) is 0 Å². The first-order chi connectivity index (χ1) is 9.22. The van der Waals surface area contributed by atoms with E-state index in [9.17, 15) is 0 Å². The molecule has 3 heteroatoms. The number of benzene rings is 1. The van der Waals surface area contributed by atoms with E-state index in [1.165, 1.54) is 12.8 Å². The summed E-state index contributed by atoms with van der Waals surface area (Å²) in [7, 11) is 0. The van der Waals surface area contributed by atoms with Gasteiger partial charge in [0.15, 0.2) is 11.5 Å². The molecule has 19 heavy (non-hydrogen) atoms. The molecule has 0 spiro atoms. The van der Waals surface area contributed by atoms with Crippen LogP contribution in [0, 0.1) is 5.92 Å². The van der Waals surface area contributed by atoms with Crippen LogP contribution in [-0.4, -0.2) is 19.8 Å². The van der Waals surface area contributed by atoms with Gasteiger partial charge in [0.05, 0.1) is 13.2 Å². The second-order valence-electron chi connectivity index (χ2n) is 4.92. The van der Waals surface area contributed by atoms with Gasteiger partial charge in [0.25, 0.3) is 0 Å². The lowest BCUT2D eigenvalue weighted by molar-refractivity contribution is 0.232. The van der Waals surface area contributed by atoms with Crippen LogP contribution in [0.5, 0.6) is 11.5 Å². The summed E-state index contributed by atoms with van der Waals surface area (Å²) >= 11 is 0. The van der Waals surface area contributed by atoms with Gasteiger partial charge in [-0.3, -0.25) is 0 Å². The molecule has 0 aliphatic carbocycles. The Kier molecular flexibility index (Phi) is 7.34. The molecule has 1 aromatic rings. The first kappa shape index (κ1) is 15.8. The fraction of sp³-hybridized carbons (Fsp3) is 0.625. The Bertz CT molecular complexity index is 342. The molecule has 1 unspecified atom stereocenters. The highest BCUT2D eigenvalue weighted by molar-refractivity contribution is 5.46. The maximum Gasteiger partial charge on any atom is 0.164 e. The Labute approximate surface area is 117 Å². The molecule has 1 aromatic carbocycles. The van der Waals surface area contributed by atoms with Gasteiger partial charge < -0.3 is 15.2 Å². The van der Waals surface area contributed by atoms with E-state index in [2.05, 4.69) is 19.9 Å². The molecule has 0 radical (unpaired) electrons. The predicted octanol–water partition coefficient (Wildman–Crippen LogP) is 3.40. The molecule has 3 nitrogen and oxygen atoms in total. The number of hydrogen-bond donors (Lipinski definition) is 1. The minimum absolute atomic E-state index is 0.561. The topological polar surface area (TPSA) is 44.5 Å². The zero-order valence-corrected chi connectivity index (χ0v) is 12.4. The Morgan fingerprint density at radius 1 is 1.21 bits per heavy atom. The van der Waals surface area contributed by atoms with Crippen molar-refractivity contribution in [3.05, 3.63) is 23.8 Å². The molecular formula is C16H27NO2. The quantitative estimate of drug-likeness (QED) is 0.744. The van der Waals surface area contributed by atoms with Gasteiger partial charge in [-0.1, -0.05) is 32.4 Å². The number of nitrogens with two attached hydrogens (primary N) is 1. The molecule has 0 saturated heterocycles. The largest absolute Gasteiger partial charge is 0.490 e. The third-order valence-corrected chi connectivity index (χ3v) is 3.07. The van der Waals surface area contributed by atoms with Crippen molar-refractivity contribution in [2.45, 2.75) is 40.0 Å². The van der Waals surface area contributed by atoms with Crippen molar-refractivity contribution >= 4 is 0 Å². The summed E-state index contributed by atoms with van der Waals surface area (Å²) in [5, 5.41) is 0. The van der Waals surface area contributed by atoms with Gasteiger partial charge in [0, 0.05) is 0 Å². The molecular weight excluding hydrogens is 238 g/mol. The van der Waals surface area contributed by atoms with Crippen molar-refractivity contribution in [1.82, 2.24) is 0 Å². The molecule has 0 aliphatic rings. The molecule has 0 saturated carbocycles. The minimum atomic E-state index is 0.561. The molecule has 0 fully saturated rings. The van der Waals surface area contributed by atoms with Crippen LogP contribution < -0.4 is 15.2 Å². The van der Waals surface area contributed by atoms with E-state index < -0.39 is 0 Å². The lowest BCUT2D eigenvalue weighted by Gasteiger charge is -2.18. The molecule has 2 N–H and O–H groups in total. The summed E-state index contributed by atoms with van der Waals surface area (Å²) in [4.78, 5) is 0. The standard InChI is InChI=1S/C16H27NO2/c1-4-7-13(3)12-19-16-14(10-11-17)8-6-9-15(16)18-5-2/h6,8-9,13H,4-5,7,10-12,17H2,1-3H3. The summed E-state index contributed by atoms with van der Waals surface area (Å²) in [6.07, 6.45) is 3.19. The predicted molar refractivity (Wildman–Crippen MR) is 79.9 cm³/mol. The van der Waals surface area contributed by atoms with E-state index in [1.54, 1.807) is 0 Å². The van der Waals surface area contributed by atoms with Gasteiger partial charge >= 0.3 is 0 Å². The lowest BCUT2D eigenvalue weighted by atomic mass is 10.1. The van der Waals surface area contributed by atoms with E-state index in [-0.39, 0.29) is 0 Å². The molecule has 1 rings (SSSR count). The first-order valence-corrected chi connectivity index (χ1v) is 7.30. The first-order valence-electron chi connectivity index (χ1n) is 7.30. The van der Waals surface area contributed by atoms with Crippen LogP contribution in [0.1, 0.15) is 39.2 Å². The molecule has 0 aromatic heterocycles. The second-order valence-corrected chi connectivity index (χ2v) is 4.92.